The molecule has 0 amide bonds. The van der Waals surface area contributed by atoms with Crippen molar-refractivity contribution >= 4 is 41.3 Å². The van der Waals surface area contributed by atoms with Gasteiger partial charge < -0.3 is 15.4 Å². The van der Waals surface area contributed by atoms with E-state index in [-0.39, 0.29) is 24.0 Å². The fourth-order valence-corrected chi connectivity index (χ4v) is 5.07. The van der Waals surface area contributed by atoms with Gasteiger partial charge in [-0.1, -0.05) is 19.3 Å². The number of guanidine groups is 1. The molecule has 1 aromatic rings. The van der Waals surface area contributed by atoms with Crippen molar-refractivity contribution in [1.29, 1.82) is 0 Å². The number of rotatable bonds is 6. The molecule has 2 aliphatic rings. The van der Waals surface area contributed by atoms with E-state index in [9.17, 15) is 0 Å². The van der Waals surface area contributed by atoms with E-state index in [4.69, 9.17) is 4.74 Å². The van der Waals surface area contributed by atoms with Crippen molar-refractivity contribution < 1.29 is 4.74 Å². The van der Waals surface area contributed by atoms with Crippen LogP contribution in [0.3, 0.4) is 0 Å². The van der Waals surface area contributed by atoms with Crippen LogP contribution in [0, 0.1) is 19.3 Å². The molecule has 6 nitrogen and oxygen atoms in total. The Morgan fingerprint density at radius 1 is 1.18 bits per heavy atom. The highest BCUT2D eigenvalue weighted by molar-refractivity contribution is 14.0. The lowest BCUT2D eigenvalue weighted by atomic mass is 9.73. The maximum absolute atomic E-state index is 5.53. The van der Waals surface area contributed by atoms with Gasteiger partial charge in [0.05, 0.1) is 25.5 Å². The topological polar surface area (TPSA) is 61.8 Å². The van der Waals surface area contributed by atoms with Gasteiger partial charge in [0.2, 0.25) is 0 Å². The molecule has 2 fully saturated rings. The van der Waals surface area contributed by atoms with Crippen LogP contribution in [0.4, 0.5) is 0 Å². The fraction of sp³-hybridized carbons (Fsp3) is 0.800. The van der Waals surface area contributed by atoms with Crippen LogP contribution in [0.25, 0.3) is 0 Å². The van der Waals surface area contributed by atoms with Gasteiger partial charge in [-0.05, 0) is 26.7 Å². The van der Waals surface area contributed by atoms with Gasteiger partial charge in [0.15, 0.2) is 5.96 Å². The van der Waals surface area contributed by atoms with Crippen molar-refractivity contribution in [2.45, 2.75) is 52.5 Å². The Morgan fingerprint density at radius 2 is 1.89 bits per heavy atom. The molecule has 1 saturated heterocycles. The normalized spacial score (nSPS) is 20.5. The van der Waals surface area contributed by atoms with E-state index in [0.29, 0.717) is 5.41 Å². The van der Waals surface area contributed by atoms with Crippen LogP contribution in [-0.2, 0) is 11.3 Å². The second-order valence-corrected chi connectivity index (χ2v) is 9.27. The summed E-state index contributed by atoms with van der Waals surface area (Å²) in [6, 6.07) is 0. The van der Waals surface area contributed by atoms with E-state index in [0.717, 1.165) is 56.1 Å². The zero-order valence-corrected chi connectivity index (χ0v) is 20.7. The molecule has 1 aromatic heterocycles. The van der Waals surface area contributed by atoms with Crippen LogP contribution in [-0.4, -0.2) is 62.3 Å². The van der Waals surface area contributed by atoms with Crippen LogP contribution < -0.4 is 10.6 Å². The van der Waals surface area contributed by atoms with E-state index < -0.39 is 0 Å². The minimum absolute atomic E-state index is 0. The number of morpholine rings is 1. The molecule has 0 radical (unpaired) electrons. The Balaban J connectivity index is 0.00000280. The van der Waals surface area contributed by atoms with E-state index in [1.54, 1.807) is 11.3 Å². The Morgan fingerprint density at radius 3 is 2.50 bits per heavy atom. The molecule has 2 heterocycles. The lowest BCUT2D eigenvalue weighted by Crippen LogP contribution is -2.51. The largest absolute Gasteiger partial charge is 0.379 e. The molecule has 0 spiro atoms. The molecule has 1 aliphatic heterocycles. The molecule has 1 saturated carbocycles. The van der Waals surface area contributed by atoms with Crippen molar-refractivity contribution in [2.75, 3.05) is 46.4 Å². The number of nitrogens with zero attached hydrogens (tertiary/aromatic N) is 3. The third kappa shape index (κ3) is 6.81. The number of aryl methyl sites for hydroxylation is 2. The molecule has 8 heteroatoms. The molecule has 0 atom stereocenters. The summed E-state index contributed by atoms with van der Waals surface area (Å²) >= 11 is 1.76. The van der Waals surface area contributed by atoms with E-state index in [1.807, 2.05) is 7.05 Å². The summed E-state index contributed by atoms with van der Waals surface area (Å²) < 4.78 is 5.53. The number of nitrogens with one attached hydrogen (secondary N) is 2. The van der Waals surface area contributed by atoms with E-state index in [1.165, 1.54) is 43.5 Å². The van der Waals surface area contributed by atoms with E-state index in [2.05, 4.69) is 39.4 Å². The summed E-state index contributed by atoms with van der Waals surface area (Å²) in [7, 11) is 1.85. The van der Waals surface area contributed by atoms with Crippen LogP contribution in [0.2, 0.25) is 0 Å². The summed E-state index contributed by atoms with van der Waals surface area (Å²) in [6.07, 6.45) is 6.67. The third-order valence-corrected chi connectivity index (χ3v) is 6.98. The second-order valence-electron chi connectivity index (χ2n) is 7.98. The Kier molecular flexibility index (Phi) is 9.92. The summed E-state index contributed by atoms with van der Waals surface area (Å²) in [4.78, 5) is 12.9. The molecule has 1 aliphatic carbocycles. The van der Waals surface area contributed by atoms with Gasteiger partial charge in [-0.25, -0.2) is 4.98 Å². The van der Waals surface area contributed by atoms with Crippen LogP contribution in [0.15, 0.2) is 4.99 Å². The maximum Gasteiger partial charge on any atom is 0.191 e. The molecule has 0 bridgehead atoms. The SMILES string of the molecule is CN=C(NCc1nc(C)c(C)s1)NCC1(CN2CCOCC2)CCCCC1.I. The fourth-order valence-electron chi connectivity index (χ4n) is 4.19. The van der Waals surface area contributed by atoms with Crippen molar-refractivity contribution in [1.82, 2.24) is 20.5 Å². The third-order valence-electron chi connectivity index (χ3n) is 5.91. The minimum Gasteiger partial charge on any atom is -0.379 e. The van der Waals surface area contributed by atoms with Gasteiger partial charge in [0.1, 0.15) is 5.01 Å². The molecular weight excluding hydrogens is 485 g/mol. The first-order chi connectivity index (χ1) is 13.1. The highest BCUT2D eigenvalue weighted by Gasteiger charge is 2.34. The Labute approximate surface area is 190 Å². The van der Waals surface area contributed by atoms with Gasteiger partial charge in [-0.3, -0.25) is 9.89 Å². The second kappa shape index (κ2) is 11.7. The summed E-state index contributed by atoms with van der Waals surface area (Å²) in [5.74, 6) is 0.882. The smallest absolute Gasteiger partial charge is 0.191 e. The molecular formula is C20H36IN5OS. The van der Waals surface area contributed by atoms with Gasteiger partial charge in [0, 0.05) is 43.5 Å². The number of aliphatic imine (C=N–C) groups is 1. The lowest BCUT2D eigenvalue weighted by Gasteiger charge is -2.42. The van der Waals surface area contributed by atoms with Crippen LogP contribution >= 0.6 is 35.3 Å². The Hall–Kier alpha value is -0.450. The quantitative estimate of drug-likeness (QED) is 0.342. The van der Waals surface area contributed by atoms with E-state index >= 15 is 0 Å². The molecule has 0 unspecified atom stereocenters. The minimum atomic E-state index is 0. The number of halogens is 1. The Bertz CT molecular complexity index is 605. The standard InChI is InChI=1S/C20H35N5OS.HI/c1-16-17(2)27-18(24-16)13-22-19(21-3)23-14-20(7-5-4-6-8-20)15-25-9-11-26-12-10-25;/h4-15H2,1-3H3,(H2,21,22,23);1H. The average molecular weight is 522 g/mol. The molecule has 28 heavy (non-hydrogen) atoms. The number of thiazole rings is 1. The lowest BCUT2D eigenvalue weighted by molar-refractivity contribution is 0.00820. The monoisotopic (exact) mass is 521 g/mol. The predicted molar refractivity (Wildman–Crippen MR) is 128 cm³/mol. The van der Waals surface area contributed by atoms with Gasteiger partial charge >= 0.3 is 0 Å². The summed E-state index contributed by atoms with van der Waals surface area (Å²) in [5, 5.41) is 8.18. The highest BCUT2D eigenvalue weighted by Crippen LogP contribution is 2.36. The van der Waals surface area contributed by atoms with Crippen molar-refractivity contribution in [3.05, 3.63) is 15.6 Å². The molecule has 0 aromatic carbocycles. The predicted octanol–water partition coefficient (Wildman–Crippen LogP) is 3.33. The van der Waals surface area contributed by atoms with Gasteiger partial charge in [-0.15, -0.1) is 35.3 Å². The number of ether oxygens (including phenoxy) is 1. The van der Waals surface area contributed by atoms with Crippen LogP contribution in [0.5, 0.6) is 0 Å². The van der Waals surface area contributed by atoms with Crippen LogP contribution in [0.1, 0.15) is 47.7 Å². The first kappa shape index (κ1) is 23.8. The number of aromatic nitrogens is 1. The average Bonchev–Trinajstić information content (AvgIpc) is 3.01. The first-order valence-electron chi connectivity index (χ1n) is 10.3. The number of hydrogen-bond acceptors (Lipinski definition) is 5. The summed E-state index contributed by atoms with van der Waals surface area (Å²) in [6.45, 7) is 11.0. The zero-order valence-electron chi connectivity index (χ0n) is 17.6. The summed E-state index contributed by atoms with van der Waals surface area (Å²) in [5.41, 5.74) is 1.48. The molecule has 3 rings (SSSR count). The molecule has 2 N–H and O–H groups in total. The zero-order chi connectivity index (χ0) is 19.1. The van der Waals surface area contributed by atoms with Crippen molar-refractivity contribution in [3.63, 3.8) is 0 Å². The van der Waals surface area contributed by atoms with Crippen molar-refractivity contribution in [2.24, 2.45) is 10.4 Å². The first-order valence-corrected chi connectivity index (χ1v) is 11.1. The van der Waals surface area contributed by atoms with Gasteiger partial charge in [-0.2, -0.15) is 0 Å². The highest BCUT2D eigenvalue weighted by atomic mass is 127. The maximum atomic E-state index is 5.53. The molecule has 160 valence electrons. The van der Waals surface area contributed by atoms with Crippen molar-refractivity contribution in [3.8, 4) is 0 Å². The number of hydrogen-bond donors (Lipinski definition) is 2. The van der Waals surface area contributed by atoms with Gasteiger partial charge in [0.25, 0.3) is 0 Å².